The van der Waals surface area contributed by atoms with Crippen molar-refractivity contribution in [2.45, 2.75) is 13.5 Å². The highest BCUT2D eigenvalue weighted by atomic mass is 16.5. The average molecular weight is 195 g/mol. The molecule has 0 aliphatic carbocycles. The minimum atomic E-state index is -0.330. The van der Waals surface area contributed by atoms with Crippen LogP contribution in [0.25, 0.3) is 5.70 Å². The fourth-order valence-corrected chi connectivity index (χ4v) is 1.07. The Balaban J connectivity index is 2.76. The third kappa shape index (κ3) is 2.35. The maximum atomic E-state index is 10.5. The molecule has 2 N–H and O–H groups in total. The highest BCUT2D eigenvalue weighted by Gasteiger charge is 2.06. The van der Waals surface area contributed by atoms with Crippen LogP contribution in [0, 0.1) is 0 Å². The molecule has 0 aliphatic heterocycles. The Morgan fingerprint density at radius 1 is 1.79 bits per heavy atom. The van der Waals surface area contributed by atoms with Gasteiger partial charge in [-0.15, -0.1) is 0 Å². The maximum absolute atomic E-state index is 10.5. The normalized spacial score (nSPS) is 9.86. The minimum Gasteiger partial charge on any atom is -0.459 e. The number of ether oxygens (including phenoxy) is 1. The molecule has 5 heteroatoms. The number of imidazole rings is 1. The molecule has 0 fully saturated rings. The van der Waals surface area contributed by atoms with Gasteiger partial charge in [-0.25, -0.2) is 4.98 Å². The van der Waals surface area contributed by atoms with Crippen LogP contribution in [0.1, 0.15) is 18.4 Å². The summed E-state index contributed by atoms with van der Waals surface area (Å²) in [6.45, 7) is 5.10. The Kier molecular flexibility index (Phi) is 2.91. The van der Waals surface area contributed by atoms with Crippen molar-refractivity contribution in [2.75, 3.05) is 0 Å². The van der Waals surface area contributed by atoms with Gasteiger partial charge in [-0.05, 0) is 0 Å². The number of nitrogens with two attached hydrogens (primary N) is 1. The lowest BCUT2D eigenvalue weighted by atomic mass is 10.5. The topological polar surface area (TPSA) is 70.1 Å². The van der Waals surface area contributed by atoms with Gasteiger partial charge in [-0.1, -0.05) is 6.58 Å². The summed E-state index contributed by atoms with van der Waals surface area (Å²) in [4.78, 5) is 14.7. The summed E-state index contributed by atoms with van der Waals surface area (Å²) in [5.74, 6) is 0.260. The van der Waals surface area contributed by atoms with Crippen molar-refractivity contribution in [3.05, 3.63) is 24.3 Å². The number of esters is 1. The van der Waals surface area contributed by atoms with Gasteiger partial charge in [0.05, 0.1) is 11.4 Å². The molecule has 0 saturated heterocycles. The largest absolute Gasteiger partial charge is 0.459 e. The first kappa shape index (κ1) is 10.3. The van der Waals surface area contributed by atoms with Crippen LogP contribution in [0.4, 0.5) is 0 Å². The predicted molar refractivity (Wildman–Crippen MR) is 51.9 cm³/mol. The molecule has 14 heavy (non-hydrogen) atoms. The lowest BCUT2D eigenvalue weighted by Gasteiger charge is -1.97. The van der Waals surface area contributed by atoms with E-state index in [-0.39, 0.29) is 12.6 Å². The lowest BCUT2D eigenvalue weighted by molar-refractivity contribution is -0.142. The molecule has 0 saturated carbocycles. The molecule has 0 unspecified atom stereocenters. The average Bonchev–Trinajstić information content (AvgIpc) is 2.43. The summed E-state index contributed by atoms with van der Waals surface area (Å²) < 4.78 is 6.53. The van der Waals surface area contributed by atoms with Crippen molar-refractivity contribution in [3.8, 4) is 0 Å². The molecule has 0 aromatic carbocycles. The van der Waals surface area contributed by atoms with E-state index < -0.39 is 0 Å². The number of aromatic nitrogens is 2. The minimum absolute atomic E-state index is 0.163. The summed E-state index contributed by atoms with van der Waals surface area (Å²) in [5, 5.41) is 0. The van der Waals surface area contributed by atoms with E-state index in [0.29, 0.717) is 17.2 Å². The molecule has 0 amide bonds. The molecule has 0 radical (unpaired) electrons. The summed E-state index contributed by atoms with van der Waals surface area (Å²) in [6.07, 6.45) is 1.75. The quantitative estimate of drug-likeness (QED) is 0.709. The second kappa shape index (κ2) is 3.95. The zero-order valence-electron chi connectivity index (χ0n) is 8.28. The smallest absolute Gasteiger partial charge is 0.303 e. The number of rotatable bonds is 3. The standard InChI is InChI=1S/C9H13N3O2/c1-6(10)9-11-8(4-12(9)3)5-14-7(2)13/h4H,1,5,10H2,2-3H3. The summed E-state index contributed by atoms with van der Waals surface area (Å²) >= 11 is 0. The molecule has 0 bridgehead atoms. The van der Waals surface area contributed by atoms with Gasteiger partial charge in [0.15, 0.2) is 5.82 Å². The van der Waals surface area contributed by atoms with Crippen molar-refractivity contribution >= 4 is 11.7 Å². The van der Waals surface area contributed by atoms with Crippen LogP contribution in [0.3, 0.4) is 0 Å². The molecule has 76 valence electrons. The monoisotopic (exact) mass is 195 g/mol. The van der Waals surface area contributed by atoms with Crippen molar-refractivity contribution in [2.24, 2.45) is 12.8 Å². The highest BCUT2D eigenvalue weighted by molar-refractivity contribution is 5.65. The van der Waals surface area contributed by atoms with E-state index in [2.05, 4.69) is 11.6 Å². The first-order valence-corrected chi connectivity index (χ1v) is 4.11. The van der Waals surface area contributed by atoms with Crippen LogP contribution < -0.4 is 5.73 Å². The molecular weight excluding hydrogens is 182 g/mol. The fourth-order valence-electron chi connectivity index (χ4n) is 1.07. The van der Waals surface area contributed by atoms with Gasteiger partial charge >= 0.3 is 5.97 Å². The molecule has 0 spiro atoms. The van der Waals surface area contributed by atoms with Gasteiger partial charge < -0.3 is 15.0 Å². The molecular formula is C9H13N3O2. The van der Waals surface area contributed by atoms with Crippen LogP contribution >= 0.6 is 0 Å². The Bertz CT molecular complexity index is 368. The molecule has 1 rings (SSSR count). The van der Waals surface area contributed by atoms with E-state index in [1.807, 2.05) is 0 Å². The number of nitrogens with zero attached hydrogens (tertiary/aromatic N) is 2. The molecule has 1 aromatic heterocycles. The Morgan fingerprint density at radius 2 is 2.43 bits per heavy atom. The third-order valence-electron chi connectivity index (χ3n) is 1.64. The number of carbonyl (C=O) groups is 1. The molecule has 5 nitrogen and oxygen atoms in total. The van der Waals surface area contributed by atoms with Crippen molar-refractivity contribution in [1.82, 2.24) is 9.55 Å². The van der Waals surface area contributed by atoms with E-state index in [1.54, 1.807) is 17.8 Å². The van der Waals surface area contributed by atoms with Crippen molar-refractivity contribution in [3.63, 3.8) is 0 Å². The van der Waals surface area contributed by atoms with Gasteiger partial charge in [-0.3, -0.25) is 4.79 Å². The van der Waals surface area contributed by atoms with Crippen LogP contribution in [0.5, 0.6) is 0 Å². The van der Waals surface area contributed by atoms with Crippen LogP contribution in [0.2, 0.25) is 0 Å². The Morgan fingerprint density at radius 3 is 2.86 bits per heavy atom. The Labute approximate surface area is 82.2 Å². The van der Waals surface area contributed by atoms with E-state index in [1.165, 1.54) is 6.92 Å². The van der Waals surface area contributed by atoms with Gasteiger partial charge in [0.2, 0.25) is 0 Å². The molecule has 1 heterocycles. The van der Waals surface area contributed by atoms with E-state index in [0.717, 1.165) is 0 Å². The lowest BCUT2D eigenvalue weighted by Crippen LogP contribution is -2.02. The molecule has 1 aromatic rings. The SMILES string of the molecule is C=C(N)c1nc(COC(C)=O)cn1C. The summed E-state index contributed by atoms with van der Waals surface area (Å²) in [7, 11) is 1.80. The molecule has 0 atom stereocenters. The number of aryl methyl sites for hydroxylation is 1. The van der Waals surface area contributed by atoms with E-state index in [4.69, 9.17) is 10.5 Å². The third-order valence-corrected chi connectivity index (χ3v) is 1.64. The zero-order chi connectivity index (χ0) is 10.7. The summed E-state index contributed by atoms with van der Waals surface area (Å²) in [6, 6.07) is 0. The van der Waals surface area contributed by atoms with Crippen LogP contribution in [-0.4, -0.2) is 15.5 Å². The first-order chi connectivity index (χ1) is 6.50. The fraction of sp³-hybridized carbons (Fsp3) is 0.333. The van der Waals surface area contributed by atoms with E-state index in [9.17, 15) is 4.79 Å². The maximum Gasteiger partial charge on any atom is 0.303 e. The predicted octanol–water partition coefficient (Wildman–Crippen LogP) is 0.413. The number of hydrogen-bond acceptors (Lipinski definition) is 4. The molecule has 0 aliphatic rings. The highest BCUT2D eigenvalue weighted by Crippen LogP contribution is 2.07. The van der Waals surface area contributed by atoms with Crippen LogP contribution in [-0.2, 0) is 23.2 Å². The van der Waals surface area contributed by atoms with Crippen LogP contribution in [0.15, 0.2) is 12.8 Å². The first-order valence-electron chi connectivity index (χ1n) is 4.11. The number of carbonyl (C=O) groups excluding carboxylic acids is 1. The van der Waals surface area contributed by atoms with Gasteiger partial charge in [0, 0.05) is 20.2 Å². The van der Waals surface area contributed by atoms with Gasteiger partial charge in [-0.2, -0.15) is 0 Å². The second-order valence-corrected chi connectivity index (χ2v) is 2.97. The zero-order valence-corrected chi connectivity index (χ0v) is 8.28. The second-order valence-electron chi connectivity index (χ2n) is 2.97. The summed E-state index contributed by atoms with van der Waals surface area (Å²) in [5.41, 5.74) is 6.55. The van der Waals surface area contributed by atoms with Gasteiger partial charge in [0.25, 0.3) is 0 Å². The van der Waals surface area contributed by atoms with Crippen molar-refractivity contribution < 1.29 is 9.53 Å². The van der Waals surface area contributed by atoms with Crippen molar-refractivity contribution in [1.29, 1.82) is 0 Å². The van der Waals surface area contributed by atoms with Gasteiger partial charge in [0.1, 0.15) is 6.61 Å². The Hall–Kier alpha value is -1.78. The number of hydrogen-bond donors (Lipinski definition) is 1. The van der Waals surface area contributed by atoms with E-state index >= 15 is 0 Å².